The Morgan fingerprint density at radius 3 is 2.52 bits per heavy atom. The van der Waals surface area contributed by atoms with Crippen molar-refractivity contribution in [2.75, 3.05) is 0 Å². The third-order valence-electron chi connectivity index (χ3n) is 3.53. The Labute approximate surface area is 144 Å². The molecule has 1 aromatic carbocycles. The van der Waals surface area contributed by atoms with Crippen LogP contribution in [0.5, 0.6) is 0 Å². The van der Waals surface area contributed by atoms with Crippen LogP contribution in [0.25, 0.3) is 0 Å². The Kier molecular flexibility index (Phi) is 4.74. The normalized spacial score (nSPS) is 11.9. The number of carbonyl (C=O) groups excluding carboxylic acids is 1. The Morgan fingerprint density at radius 2 is 1.91 bits per heavy atom. The van der Waals surface area contributed by atoms with Gasteiger partial charge in [-0.15, -0.1) is 0 Å². The first-order chi connectivity index (χ1) is 11.1. The number of nitrogens with zero attached hydrogens (tertiary/aromatic N) is 1. The van der Waals surface area contributed by atoms with Gasteiger partial charge in [-0.25, -0.2) is 0 Å². The van der Waals surface area contributed by atoms with Gasteiger partial charge in [0.25, 0.3) is 5.91 Å². The first-order valence-corrected chi connectivity index (χ1v) is 8.46. The van der Waals surface area contributed by atoms with Crippen molar-refractivity contribution in [3.63, 3.8) is 0 Å². The fourth-order valence-electron chi connectivity index (χ4n) is 2.27. The van der Waals surface area contributed by atoms with Crippen molar-refractivity contribution < 1.29 is 4.79 Å². The minimum Gasteiger partial charge on any atom is -0.341 e. The minimum atomic E-state index is -0.215. The van der Waals surface area contributed by atoms with Crippen molar-refractivity contribution in [3.05, 3.63) is 86.8 Å². The Bertz CT molecular complexity index is 783. The van der Waals surface area contributed by atoms with Gasteiger partial charge in [0.2, 0.25) is 0 Å². The molecule has 0 aliphatic carbocycles. The molecule has 23 heavy (non-hydrogen) atoms. The lowest BCUT2D eigenvalue weighted by Gasteiger charge is -2.18. The standard InChI is InChI=1S/C18H15ClN2OS/c1-12-2-3-14(10-20-12)18(22)21-17(15-8-9-23-11-15)13-4-6-16(19)7-5-13/h2-11,17H,1H3,(H,21,22). The number of aromatic nitrogens is 1. The number of thiophene rings is 1. The van der Waals surface area contributed by atoms with Crippen molar-refractivity contribution in [2.45, 2.75) is 13.0 Å². The molecule has 0 spiro atoms. The zero-order valence-corrected chi connectivity index (χ0v) is 14.1. The molecule has 3 aromatic rings. The van der Waals surface area contributed by atoms with Crippen molar-refractivity contribution in [3.8, 4) is 0 Å². The van der Waals surface area contributed by atoms with Crippen LogP contribution in [0.2, 0.25) is 5.02 Å². The van der Waals surface area contributed by atoms with Gasteiger partial charge in [0.15, 0.2) is 0 Å². The molecule has 0 radical (unpaired) electrons. The second-order valence-electron chi connectivity index (χ2n) is 5.20. The van der Waals surface area contributed by atoms with Crippen molar-refractivity contribution in [2.24, 2.45) is 0 Å². The number of pyridine rings is 1. The van der Waals surface area contributed by atoms with E-state index in [0.717, 1.165) is 16.8 Å². The summed E-state index contributed by atoms with van der Waals surface area (Å²) >= 11 is 7.57. The molecule has 1 atom stereocenters. The van der Waals surface area contributed by atoms with Crippen LogP contribution in [0, 0.1) is 6.92 Å². The maximum Gasteiger partial charge on any atom is 0.253 e. The molecule has 116 valence electrons. The average molecular weight is 343 g/mol. The Hall–Kier alpha value is -2.17. The van der Waals surface area contributed by atoms with Crippen LogP contribution < -0.4 is 5.32 Å². The molecule has 2 heterocycles. The molecule has 1 amide bonds. The highest BCUT2D eigenvalue weighted by Gasteiger charge is 2.18. The SMILES string of the molecule is Cc1ccc(C(=O)NC(c2ccc(Cl)cc2)c2ccsc2)cn1. The smallest absolute Gasteiger partial charge is 0.253 e. The van der Waals surface area contributed by atoms with E-state index in [-0.39, 0.29) is 11.9 Å². The summed E-state index contributed by atoms with van der Waals surface area (Å²) in [5, 5.41) is 7.78. The van der Waals surface area contributed by atoms with Gasteiger partial charge in [-0.2, -0.15) is 11.3 Å². The van der Waals surface area contributed by atoms with E-state index in [1.165, 1.54) is 0 Å². The maximum absolute atomic E-state index is 12.5. The van der Waals surface area contributed by atoms with Crippen molar-refractivity contribution >= 4 is 28.8 Å². The van der Waals surface area contributed by atoms with E-state index in [1.54, 1.807) is 23.6 Å². The summed E-state index contributed by atoms with van der Waals surface area (Å²) in [6.07, 6.45) is 1.59. The molecule has 2 aromatic heterocycles. The first-order valence-electron chi connectivity index (χ1n) is 7.14. The lowest BCUT2D eigenvalue weighted by Crippen LogP contribution is -2.29. The lowest BCUT2D eigenvalue weighted by atomic mass is 10.0. The van der Waals surface area contributed by atoms with Crippen LogP contribution in [0.4, 0.5) is 0 Å². The number of halogens is 1. The Morgan fingerprint density at radius 1 is 1.13 bits per heavy atom. The highest BCUT2D eigenvalue weighted by molar-refractivity contribution is 7.08. The van der Waals surface area contributed by atoms with Crippen molar-refractivity contribution in [1.82, 2.24) is 10.3 Å². The van der Waals surface area contributed by atoms with Gasteiger partial charge in [0.05, 0.1) is 11.6 Å². The molecular formula is C18H15ClN2OS. The average Bonchev–Trinajstić information content (AvgIpc) is 3.08. The quantitative estimate of drug-likeness (QED) is 0.751. The predicted octanol–water partition coefficient (Wildman–Crippen LogP) is 4.62. The fourth-order valence-corrected chi connectivity index (χ4v) is 3.08. The highest BCUT2D eigenvalue weighted by atomic mass is 35.5. The zero-order chi connectivity index (χ0) is 16.2. The van der Waals surface area contributed by atoms with Crippen molar-refractivity contribution in [1.29, 1.82) is 0 Å². The molecule has 3 nitrogen and oxygen atoms in total. The van der Waals surface area contributed by atoms with E-state index in [0.29, 0.717) is 10.6 Å². The number of nitrogens with one attached hydrogen (secondary N) is 1. The van der Waals surface area contributed by atoms with Crippen LogP contribution in [0.15, 0.2) is 59.4 Å². The molecule has 0 aliphatic rings. The van der Waals surface area contributed by atoms with Crippen LogP contribution >= 0.6 is 22.9 Å². The van der Waals surface area contributed by atoms with Gasteiger partial charge in [-0.1, -0.05) is 23.7 Å². The summed E-state index contributed by atoms with van der Waals surface area (Å²) < 4.78 is 0. The van der Waals surface area contributed by atoms with Gasteiger partial charge < -0.3 is 5.32 Å². The summed E-state index contributed by atoms with van der Waals surface area (Å²) in [5.74, 6) is -0.149. The Balaban J connectivity index is 1.88. The topological polar surface area (TPSA) is 42.0 Å². The third kappa shape index (κ3) is 3.78. The molecule has 1 unspecified atom stereocenters. The number of benzene rings is 1. The molecule has 0 fully saturated rings. The molecule has 0 saturated heterocycles. The molecule has 0 aliphatic heterocycles. The summed E-state index contributed by atoms with van der Waals surface area (Å²) in [4.78, 5) is 16.7. The van der Waals surface area contributed by atoms with Crippen LogP contribution in [-0.2, 0) is 0 Å². The van der Waals surface area contributed by atoms with E-state index in [4.69, 9.17) is 11.6 Å². The fraction of sp³-hybridized carbons (Fsp3) is 0.111. The number of hydrogen-bond donors (Lipinski definition) is 1. The number of amides is 1. The molecule has 0 saturated carbocycles. The molecule has 1 N–H and O–H groups in total. The second kappa shape index (κ2) is 6.94. The first kappa shape index (κ1) is 15.7. The van der Waals surface area contributed by atoms with Crippen LogP contribution in [0.3, 0.4) is 0 Å². The van der Waals surface area contributed by atoms with E-state index in [9.17, 15) is 4.79 Å². The zero-order valence-electron chi connectivity index (χ0n) is 12.5. The van der Waals surface area contributed by atoms with Crippen LogP contribution in [-0.4, -0.2) is 10.9 Å². The summed E-state index contributed by atoms with van der Waals surface area (Å²) in [5.41, 5.74) is 3.46. The number of carbonyl (C=O) groups is 1. The van der Waals surface area contributed by atoms with Gasteiger partial charge in [-0.3, -0.25) is 9.78 Å². The monoisotopic (exact) mass is 342 g/mol. The molecule has 3 rings (SSSR count). The number of hydrogen-bond acceptors (Lipinski definition) is 3. The third-order valence-corrected chi connectivity index (χ3v) is 4.48. The van der Waals surface area contributed by atoms with Gasteiger partial charge >= 0.3 is 0 Å². The lowest BCUT2D eigenvalue weighted by molar-refractivity contribution is 0.0942. The molecule has 5 heteroatoms. The van der Waals surface area contributed by atoms with E-state index >= 15 is 0 Å². The maximum atomic E-state index is 12.5. The van der Waals surface area contributed by atoms with E-state index < -0.39 is 0 Å². The molecule has 0 bridgehead atoms. The summed E-state index contributed by atoms with van der Waals surface area (Å²) in [7, 11) is 0. The summed E-state index contributed by atoms with van der Waals surface area (Å²) in [6, 6.07) is 12.9. The summed E-state index contributed by atoms with van der Waals surface area (Å²) in [6.45, 7) is 1.89. The van der Waals surface area contributed by atoms with Gasteiger partial charge in [-0.05, 0) is 59.1 Å². The van der Waals surface area contributed by atoms with Crippen LogP contribution in [0.1, 0.15) is 33.2 Å². The number of rotatable bonds is 4. The minimum absolute atomic E-state index is 0.149. The van der Waals surface area contributed by atoms with Gasteiger partial charge in [0.1, 0.15) is 0 Å². The van der Waals surface area contributed by atoms with E-state index in [2.05, 4.69) is 10.3 Å². The largest absolute Gasteiger partial charge is 0.341 e. The molecular weight excluding hydrogens is 328 g/mol. The van der Waals surface area contributed by atoms with Gasteiger partial charge in [0, 0.05) is 16.9 Å². The number of aryl methyl sites for hydroxylation is 1. The predicted molar refractivity (Wildman–Crippen MR) is 94.1 cm³/mol. The highest BCUT2D eigenvalue weighted by Crippen LogP contribution is 2.25. The van der Waals surface area contributed by atoms with E-state index in [1.807, 2.05) is 54.1 Å². The second-order valence-corrected chi connectivity index (χ2v) is 6.42.